The van der Waals surface area contributed by atoms with E-state index in [2.05, 4.69) is 25.7 Å². The Hall–Kier alpha value is -2.85. The number of methoxy groups -OCH3 is 1. The van der Waals surface area contributed by atoms with Gasteiger partial charge in [-0.3, -0.25) is 0 Å². The number of phenols is 1. The summed E-state index contributed by atoms with van der Waals surface area (Å²) >= 11 is 1.35. The van der Waals surface area contributed by atoms with E-state index in [0.29, 0.717) is 27.6 Å². The zero-order chi connectivity index (χ0) is 22.5. The maximum atomic E-state index is 15.3. The fraction of sp³-hybridized carbons (Fsp3) is 0.455. The Bertz CT molecular complexity index is 1140. The summed E-state index contributed by atoms with van der Waals surface area (Å²) in [5, 5.41) is 31.7. The monoisotopic (exact) mass is 456 g/mol. The molecule has 0 saturated carbocycles. The number of rotatable bonds is 5. The van der Waals surface area contributed by atoms with Gasteiger partial charge in [-0.1, -0.05) is 17.4 Å². The zero-order valence-electron chi connectivity index (χ0n) is 18.1. The number of aromatic hydroxyl groups is 1. The van der Waals surface area contributed by atoms with Gasteiger partial charge >= 0.3 is 0 Å². The van der Waals surface area contributed by atoms with Crippen molar-refractivity contribution in [1.82, 2.24) is 25.7 Å². The molecule has 8 nitrogen and oxygen atoms in total. The lowest BCUT2D eigenvalue weighted by molar-refractivity contribution is 0.111. The van der Waals surface area contributed by atoms with Crippen LogP contribution in [0.15, 0.2) is 30.5 Å². The second kappa shape index (κ2) is 7.93. The van der Waals surface area contributed by atoms with Gasteiger partial charge in [-0.25, -0.2) is 4.39 Å². The molecule has 4 heterocycles. The number of nitrogens with zero attached hydrogens (tertiary/aromatic N) is 5. The normalized spacial score (nSPS) is 26.8. The first-order valence-electron chi connectivity index (χ1n) is 10.6. The van der Waals surface area contributed by atoms with Crippen molar-refractivity contribution in [3.63, 3.8) is 0 Å². The Morgan fingerprint density at radius 1 is 1.25 bits per heavy atom. The van der Waals surface area contributed by atoms with E-state index in [1.54, 1.807) is 24.4 Å². The van der Waals surface area contributed by atoms with E-state index in [1.807, 2.05) is 24.9 Å². The lowest BCUT2D eigenvalue weighted by Gasteiger charge is -2.43. The van der Waals surface area contributed by atoms with Crippen molar-refractivity contribution in [2.24, 2.45) is 0 Å². The zero-order valence-corrected chi connectivity index (χ0v) is 18.9. The SMILES string of the molecule is COc1cc(-c2ccc(-c3nnc(N(C)[C@H]4C[C@@H]5CC[C@@](C)(N5)[C@H]4F)s3)c(O)c2)cnn1. The Balaban J connectivity index is 1.38. The molecular formula is C22H25FN6O2S. The number of hydrogen-bond acceptors (Lipinski definition) is 9. The third kappa shape index (κ3) is 3.57. The molecule has 3 aromatic rings. The molecule has 1 aromatic carbocycles. The molecule has 2 bridgehead atoms. The molecule has 2 aromatic heterocycles. The highest BCUT2D eigenvalue weighted by Gasteiger charge is 2.51. The molecule has 4 atom stereocenters. The fourth-order valence-corrected chi connectivity index (χ4v) is 5.67. The molecule has 10 heteroatoms. The fourth-order valence-electron chi connectivity index (χ4n) is 4.77. The summed E-state index contributed by atoms with van der Waals surface area (Å²) in [6, 6.07) is 7.16. The molecule has 0 unspecified atom stereocenters. The standard InChI is InChI=1S/C22H25FN6O2S/c1-22-7-6-14(25-22)10-16(19(22)23)29(2)21-28-27-20(32-21)15-5-4-12(8-17(15)30)13-9-18(31-3)26-24-11-13/h4-5,8-9,11,14,16,19,25,30H,6-7,10H2,1-3H3/t14-,16-,19-,22+/m0/s1. The van der Waals surface area contributed by atoms with Crippen LogP contribution in [0.25, 0.3) is 21.7 Å². The topological polar surface area (TPSA) is 96.3 Å². The number of benzene rings is 1. The maximum absolute atomic E-state index is 15.3. The summed E-state index contributed by atoms with van der Waals surface area (Å²) in [6.45, 7) is 1.97. The second-order valence-electron chi connectivity index (χ2n) is 8.72. The van der Waals surface area contributed by atoms with Gasteiger partial charge in [0, 0.05) is 30.3 Å². The van der Waals surface area contributed by atoms with Gasteiger partial charge in [0.25, 0.3) is 0 Å². The number of nitrogens with one attached hydrogen (secondary N) is 1. The average Bonchev–Trinajstić information content (AvgIpc) is 3.41. The highest BCUT2D eigenvalue weighted by molar-refractivity contribution is 7.18. The number of alkyl halides is 1. The van der Waals surface area contributed by atoms with Gasteiger partial charge in [0.15, 0.2) is 5.01 Å². The van der Waals surface area contributed by atoms with E-state index in [1.165, 1.54) is 18.4 Å². The van der Waals surface area contributed by atoms with Crippen LogP contribution in [0.5, 0.6) is 11.6 Å². The summed E-state index contributed by atoms with van der Waals surface area (Å²) in [7, 11) is 3.40. The lowest BCUT2D eigenvalue weighted by atomic mass is 9.86. The van der Waals surface area contributed by atoms with Crippen LogP contribution in [0.2, 0.25) is 0 Å². The molecule has 2 aliphatic heterocycles. The number of aromatic nitrogens is 4. The Kier molecular flexibility index (Phi) is 5.21. The molecule has 0 spiro atoms. The second-order valence-corrected chi connectivity index (χ2v) is 9.68. The van der Waals surface area contributed by atoms with Crippen molar-refractivity contribution in [2.45, 2.75) is 50.0 Å². The van der Waals surface area contributed by atoms with Crippen molar-refractivity contribution < 1.29 is 14.2 Å². The molecule has 32 heavy (non-hydrogen) atoms. The first-order valence-corrected chi connectivity index (χ1v) is 11.4. The Morgan fingerprint density at radius 2 is 2.09 bits per heavy atom. The predicted octanol–water partition coefficient (Wildman–Crippen LogP) is 3.43. The molecule has 5 rings (SSSR count). The first-order chi connectivity index (χ1) is 15.4. The molecule has 2 saturated heterocycles. The van der Waals surface area contributed by atoms with Gasteiger partial charge in [-0.05, 0) is 43.9 Å². The lowest BCUT2D eigenvalue weighted by Crippen LogP contribution is -2.62. The number of ether oxygens (including phenoxy) is 1. The molecule has 2 N–H and O–H groups in total. The number of piperidine rings is 1. The van der Waals surface area contributed by atoms with Gasteiger partial charge in [-0.2, -0.15) is 5.10 Å². The molecular weight excluding hydrogens is 431 g/mol. The largest absolute Gasteiger partial charge is 0.507 e. The Labute approximate surface area is 189 Å². The van der Waals surface area contributed by atoms with Crippen molar-refractivity contribution in [3.05, 3.63) is 30.5 Å². The predicted molar refractivity (Wildman–Crippen MR) is 121 cm³/mol. The minimum Gasteiger partial charge on any atom is -0.507 e. The number of hydrogen-bond donors (Lipinski definition) is 2. The smallest absolute Gasteiger partial charge is 0.233 e. The number of halogens is 1. The third-order valence-corrected chi connectivity index (χ3v) is 7.68. The number of fused-ring (bicyclic) bond motifs is 2. The van der Waals surface area contributed by atoms with Gasteiger partial charge < -0.3 is 20.1 Å². The minimum absolute atomic E-state index is 0.0828. The van der Waals surface area contributed by atoms with Crippen molar-refractivity contribution >= 4 is 16.5 Å². The summed E-state index contributed by atoms with van der Waals surface area (Å²) in [5.74, 6) is 0.480. The number of anilines is 1. The van der Waals surface area contributed by atoms with Crippen LogP contribution in [0, 0.1) is 0 Å². The molecule has 0 aliphatic carbocycles. The number of phenolic OH excluding ortho intramolecular Hbond substituents is 1. The Morgan fingerprint density at radius 3 is 2.88 bits per heavy atom. The molecule has 0 radical (unpaired) electrons. The highest BCUT2D eigenvalue weighted by atomic mass is 32.1. The molecule has 168 valence electrons. The van der Waals surface area contributed by atoms with Gasteiger partial charge in [0.2, 0.25) is 11.0 Å². The average molecular weight is 457 g/mol. The van der Waals surface area contributed by atoms with Crippen LogP contribution in [-0.2, 0) is 0 Å². The highest BCUT2D eigenvalue weighted by Crippen LogP contribution is 2.42. The van der Waals surface area contributed by atoms with Gasteiger partial charge in [0.05, 0.1) is 24.9 Å². The summed E-state index contributed by atoms with van der Waals surface area (Å²) in [6.07, 6.45) is 3.21. The molecule has 0 amide bonds. The maximum Gasteiger partial charge on any atom is 0.233 e. The minimum atomic E-state index is -0.989. The molecule has 2 fully saturated rings. The van der Waals surface area contributed by atoms with Crippen LogP contribution < -0.4 is 15.0 Å². The summed E-state index contributed by atoms with van der Waals surface area (Å²) in [5.41, 5.74) is 1.65. The summed E-state index contributed by atoms with van der Waals surface area (Å²) < 4.78 is 20.4. The van der Waals surface area contributed by atoms with E-state index >= 15 is 4.39 Å². The quantitative estimate of drug-likeness (QED) is 0.603. The van der Waals surface area contributed by atoms with E-state index < -0.39 is 11.7 Å². The van der Waals surface area contributed by atoms with Crippen molar-refractivity contribution in [1.29, 1.82) is 0 Å². The van der Waals surface area contributed by atoms with E-state index in [0.717, 1.165) is 30.4 Å². The van der Waals surface area contributed by atoms with Gasteiger partial charge in [-0.15, -0.1) is 15.3 Å². The van der Waals surface area contributed by atoms with Crippen molar-refractivity contribution in [2.75, 3.05) is 19.1 Å². The van der Waals surface area contributed by atoms with Gasteiger partial charge in [0.1, 0.15) is 11.9 Å². The van der Waals surface area contributed by atoms with Crippen LogP contribution in [-0.4, -0.2) is 63.5 Å². The van der Waals surface area contributed by atoms with Crippen LogP contribution in [0.1, 0.15) is 26.2 Å². The molecule has 2 aliphatic rings. The van der Waals surface area contributed by atoms with E-state index in [-0.39, 0.29) is 11.8 Å². The third-order valence-electron chi connectivity index (χ3n) is 6.63. The van der Waals surface area contributed by atoms with Crippen LogP contribution in [0.3, 0.4) is 0 Å². The summed E-state index contributed by atoms with van der Waals surface area (Å²) in [4.78, 5) is 1.91. The van der Waals surface area contributed by atoms with E-state index in [4.69, 9.17) is 4.74 Å². The first kappa shape index (κ1) is 21.0. The van der Waals surface area contributed by atoms with E-state index in [9.17, 15) is 5.11 Å². The van der Waals surface area contributed by atoms with Crippen LogP contribution >= 0.6 is 11.3 Å². The van der Waals surface area contributed by atoms with Crippen molar-refractivity contribution in [3.8, 4) is 33.3 Å². The van der Waals surface area contributed by atoms with Crippen LogP contribution in [0.4, 0.5) is 9.52 Å².